The van der Waals surface area contributed by atoms with E-state index < -0.39 is 0 Å². The number of benzene rings is 1. The zero-order valence-electron chi connectivity index (χ0n) is 15.6. The fourth-order valence-electron chi connectivity index (χ4n) is 3.38. The first-order valence-corrected chi connectivity index (χ1v) is 10.9. The molecule has 4 rings (SSSR count). The molecular weight excluding hydrogens is 456 g/mol. The number of halogens is 1. The van der Waals surface area contributed by atoms with Crippen molar-refractivity contribution in [2.45, 2.75) is 25.9 Å². The highest BCUT2D eigenvalue weighted by Crippen LogP contribution is 2.24. The first-order valence-electron chi connectivity index (χ1n) is 9.25. The minimum Gasteiger partial charge on any atom is -0.354 e. The largest absolute Gasteiger partial charge is 0.354 e. The molecule has 0 fully saturated rings. The summed E-state index contributed by atoms with van der Waals surface area (Å²) in [5.74, 6) is -0.300. The van der Waals surface area contributed by atoms with E-state index in [1.165, 1.54) is 21.3 Å². The second-order valence-corrected chi connectivity index (χ2v) is 8.79. The van der Waals surface area contributed by atoms with Crippen molar-refractivity contribution >= 4 is 50.0 Å². The summed E-state index contributed by atoms with van der Waals surface area (Å²) < 4.78 is 2.05. The van der Waals surface area contributed by atoms with E-state index in [1.54, 1.807) is 23.5 Å². The molecule has 1 aliphatic rings. The molecule has 0 aliphatic carbocycles. The smallest absolute Gasteiger partial charge is 0.261 e. The van der Waals surface area contributed by atoms with Gasteiger partial charge in [-0.15, -0.1) is 11.3 Å². The summed E-state index contributed by atoms with van der Waals surface area (Å²) in [4.78, 5) is 44.6. The number of hydrogen-bond acceptors (Lipinski definition) is 5. The Balaban J connectivity index is 1.30. The topological polar surface area (TPSA) is 84.3 Å². The van der Waals surface area contributed by atoms with Crippen LogP contribution in [0.4, 0.5) is 0 Å². The molecule has 1 aromatic carbocycles. The van der Waals surface area contributed by atoms with Gasteiger partial charge in [0.05, 0.1) is 17.2 Å². The number of thiophene rings is 1. The van der Waals surface area contributed by atoms with Gasteiger partial charge in [0, 0.05) is 35.4 Å². The number of carbonyl (C=O) groups is 2. The Morgan fingerprint density at radius 2 is 2.14 bits per heavy atom. The van der Waals surface area contributed by atoms with Crippen LogP contribution in [0.25, 0.3) is 10.9 Å². The van der Waals surface area contributed by atoms with E-state index in [4.69, 9.17) is 0 Å². The normalized spacial score (nSPS) is 13.3. The lowest BCUT2D eigenvalue weighted by Gasteiger charge is -2.27. The van der Waals surface area contributed by atoms with Crippen molar-refractivity contribution in [3.8, 4) is 0 Å². The van der Waals surface area contributed by atoms with Gasteiger partial charge in [-0.1, -0.05) is 15.9 Å². The maximum absolute atomic E-state index is 12.5. The van der Waals surface area contributed by atoms with Gasteiger partial charge in [0.2, 0.25) is 11.8 Å². The lowest BCUT2D eigenvalue weighted by molar-refractivity contribution is -0.132. The van der Waals surface area contributed by atoms with E-state index >= 15 is 0 Å². The van der Waals surface area contributed by atoms with Crippen molar-refractivity contribution in [1.82, 2.24) is 19.8 Å². The Morgan fingerprint density at radius 1 is 1.28 bits per heavy atom. The van der Waals surface area contributed by atoms with Crippen molar-refractivity contribution in [3.05, 3.63) is 61.2 Å². The fraction of sp³-hybridized carbons (Fsp3) is 0.300. The molecule has 0 unspecified atom stereocenters. The van der Waals surface area contributed by atoms with Gasteiger partial charge in [-0.2, -0.15) is 0 Å². The second kappa shape index (κ2) is 8.46. The fourth-order valence-corrected chi connectivity index (χ4v) is 4.63. The molecule has 2 amide bonds. The molecule has 0 radical (unpaired) electrons. The molecule has 150 valence electrons. The van der Waals surface area contributed by atoms with Crippen LogP contribution in [0.3, 0.4) is 0 Å². The quantitative estimate of drug-likeness (QED) is 0.614. The number of nitrogens with zero attached hydrogens (tertiary/aromatic N) is 3. The van der Waals surface area contributed by atoms with Crippen LogP contribution < -0.4 is 10.9 Å². The van der Waals surface area contributed by atoms with E-state index in [0.29, 0.717) is 24.0 Å². The molecule has 0 bridgehead atoms. The molecule has 1 N–H and O–H groups in total. The standard InChI is InChI=1S/C20H19BrN4O3S/c21-14-1-2-16-15(9-14)20(28)25(12-23-16)11-18(26)22-6-3-19(27)24-7-4-17-13(10-24)5-8-29-17/h1-2,5,8-9,12H,3-4,6-7,10-11H2,(H,22,26). The molecule has 3 aromatic rings. The van der Waals surface area contributed by atoms with E-state index in [1.807, 2.05) is 11.0 Å². The predicted molar refractivity (Wildman–Crippen MR) is 115 cm³/mol. The molecule has 3 heterocycles. The minimum absolute atomic E-state index is 0.0246. The zero-order chi connectivity index (χ0) is 20.4. The van der Waals surface area contributed by atoms with Gasteiger partial charge in [0.15, 0.2) is 0 Å². The summed E-state index contributed by atoms with van der Waals surface area (Å²) in [5.41, 5.74) is 1.52. The average Bonchev–Trinajstić information content (AvgIpc) is 3.18. The number of nitrogens with one attached hydrogen (secondary N) is 1. The molecule has 1 aliphatic heterocycles. The Hall–Kier alpha value is -2.52. The maximum Gasteiger partial charge on any atom is 0.261 e. The highest BCUT2D eigenvalue weighted by atomic mass is 79.9. The number of aromatic nitrogens is 2. The van der Waals surface area contributed by atoms with Gasteiger partial charge >= 0.3 is 0 Å². The third-order valence-electron chi connectivity index (χ3n) is 4.92. The summed E-state index contributed by atoms with van der Waals surface area (Å²) >= 11 is 5.07. The van der Waals surface area contributed by atoms with Crippen LogP contribution in [-0.2, 0) is 29.1 Å². The number of fused-ring (bicyclic) bond motifs is 2. The summed E-state index contributed by atoms with van der Waals surface area (Å²) in [6.45, 7) is 1.46. The summed E-state index contributed by atoms with van der Waals surface area (Å²) in [6.07, 6.45) is 2.50. The number of amides is 2. The highest BCUT2D eigenvalue weighted by Gasteiger charge is 2.21. The van der Waals surface area contributed by atoms with Gasteiger partial charge < -0.3 is 10.2 Å². The number of hydrogen-bond donors (Lipinski definition) is 1. The summed E-state index contributed by atoms with van der Waals surface area (Å²) in [5, 5.41) is 5.22. The van der Waals surface area contributed by atoms with Crippen molar-refractivity contribution in [2.24, 2.45) is 0 Å². The van der Waals surface area contributed by atoms with Gasteiger partial charge in [-0.05, 0) is 41.6 Å². The van der Waals surface area contributed by atoms with Gasteiger partial charge in [-0.3, -0.25) is 19.0 Å². The number of rotatable bonds is 5. The van der Waals surface area contributed by atoms with Crippen LogP contribution in [0.2, 0.25) is 0 Å². The summed E-state index contributed by atoms with van der Waals surface area (Å²) in [6, 6.07) is 7.31. The van der Waals surface area contributed by atoms with Gasteiger partial charge in [0.25, 0.3) is 5.56 Å². The molecule has 9 heteroatoms. The third-order valence-corrected chi connectivity index (χ3v) is 6.44. The van der Waals surface area contributed by atoms with Crippen molar-refractivity contribution in [1.29, 1.82) is 0 Å². The Kier molecular flexibility index (Phi) is 5.77. The van der Waals surface area contributed by atoms with E-state index in [9.17, 15) is 14.4 Å². The predicted octanol–water partition coefficient (Wildman–Crippen LogP) is 2.31. The lowest BCUT2D eigenvalue weighted by atomic mass is 10.1. The third kappa shape index (κ3) is 4.40. The van der Waals surface area contributed by atoms with Crippen LogP contribution in [-0.4, -0.2) is 39.4 Å². The van der Waals surface area contributed by atoms with Crippen LogP contribution in [0.15, 0.2) is 45.2 Å². The monoisotopic (exact) mass is 474 g/mol. The number of carbonyl (C=O) groups excluding carboxylic acids is 2. The van der Waals surface area contributed by atoms with Crippen molar-refractivity contribution in [2.75, 3.05) is 13.1 Å². The highest BCUT2D eigenvalue weighted by molar-refractivity contribution is 9.10. The van der Waals surface area contributed by atoms with Crippen LogP contribution in [0, 0.1) is 0 Å². The Labute approximate surface area is 179 Å². The van der Waals surface area contributed by atoms with Crippen molar-refractivity contribution in [3.63, 3.8) is 0 Å². The first-order chi connectivity index (χ1) is 14.0. The SMILES string of the molecule is O=C(Cn1cnc2ccc(Br)cc2c1=O)NCCC(=O)N1CCc2sccc2C1. The van der Waals surface area contributed by atoms with Crippen LogP contribution >= 0.6 is 27.3 Å². The minimum atomic E-state index is -0.324. The molecule has 7 nitrogen and oxygen atoms in total. The van der Waals surface area contributed by atoms with E-state index in [0.717, 1.165) is 10.9 Å². The van der Waals surface area contributed by atoms with E-state index in [-0.39, 0.29) is 36.9 Å². The Morgan fingerprint density at radius 3 is 3.00 bits per heavy atom. The first kappa shape index (κ1) is 19.8. The summed E-state index contributed by atoms with van der Waals surface area (Å²) in [7, 11) is 0. The van der Waals surface area contributed by atoms with E-state index in [2.05, 4.69) is 37.7 Å². The van der Waals surface area contributed by atoms with Crippen molar-refractivity contribution < 1.29 is 9.59 Å². The average molecular weight is 475 g/mol. The van der Waals surface area contributed by atoms with Crippen LogP contribution in [0.5, 0.6) is 0 Å². The molecule has 0 saturated carbocycles. The molecule has 0 atom stereocenters. The zero-order valence-corrected chi connectivity index (χ0v) is 18.0. The van der Waals surface area contributed by atoms with Gasteiger partial charge in [0.1, 0.15) is 6.54 Å². The molecule has 2 aromatic heterocycles. The maximum atomic E-state index is 12.5. The van der Waals surface area contributed by atoms with Crippen LogP contribution in [0.1, 0.15) is 16.9 Å². The molecular formula is C20H19BrN4O3S. The molecule has 29 heavy (non-hydrogen) atoms. The molecule has 0 spiro atoms. The molecule has 0 saturated heterocycles. The lowest BCUT2D eigenvalue weighted by Crippen LogP contribution is -2.38. The second-order valence-electron chi connectivity index (χ2n) is 6.87. The Bertz CT molecular complexity index is 1140. The van der Waals surface area contributed by atoms with Gasteiger partial charge in [-0.25, -0.2) is 4.98 Å².